The van der Waals surface area contributed by atoms with Gasteiger partial charge in [0.25, 0.3) is 0 Å². The Labute approximate surface area is 134 Å². The summed E-state index contributed by atoms with van der Waals surface area (Å²) in [6.07, 6.45) is 0. The minimum atomic E-state index is -0.261. The molecule has 0 unspecified atom stereocenters. The second-order valence-corrected chi connectivity index (χ2v) is 5.96. The normalized spacial score (nSPS) is 9.95. The van der Waals surface area contributed by atoms with E-state index in [2.05, 4.69) is 10.6 Å². The van der Waals surface area contributed by atoms with Crippen LogP contribution in [0.15, 0.2) is 24.3 Å². The van der Waals surface area contributed by atoms with Gasteiger partial charge in [-0.25, -0.2) is 0 Å². The summed E-state index contributed by atoms with van der Waals surface area (Å²) in [6, 6.07) is 7.51. The van der Waals surface area contributed by atoms with Crippen molar-refractivity contribution < 1.29 is 14.4 Å². The molecular formula is C15H21N3O3S. The third-order valence-electron chi connectivity index (χ3n) is 2.70. The smallest absolute Gasteiger partial charge is 0.241 e. The predicted octanol–water partition coefficient (Wildman–Crippen LogP) is 0.871. The maximum absolute atomic E-state index is 11.7. The molecule has 7 heteroatoms. The van der Waals surface area contributed by atoms with Crippen LogP contribution in [0.5, 0.6) is 0 Å². The van der Waals surface area contributed by atoms with Crippen LogP contribution in [0.25, 0.3) is 0 Å². The summed E-state index contributed by atoms with van der Waals surface area (Å²) >= 11 is 1.20. The molecule has 0 saturated carbocycles. The molecule has 0 aliphatic heterocycles. The van der Waals surface area contributed by atoms with Gasteiger partial charge in [-0.05, 0) is 24.6 Å². The van der Waals surface area contributed by atoms with Crippen molar-refractivity contribution in [2.24, 2.45) is 0 Å². The minimum Gasteiger partial charge on any atom is -0.347 e. The number of benzene rings is 1. The Morgan fingerprint density at radius 3 is 2.45 bits per heavy atom. The van der Waals surface area contributed by atoms with E-state index in [-0.39, 0.29) is 35.8 Å². The van der Waals surface area contributed by atoms with Crippen molar-refractivity contribution in [3.05, 3.63) is 29.8 Å². The molecule has 1 aromatic carbocycles. The van der Waals surface area contributed by atoms with Crippen LogP contribution in [0.4, 0.5) is 5.69 Å². The Kier molecular flexibility index (Phi) is 7.45. The molecule has 0 aromatic heterocycles. The number of rotatable bonds is 7. The number of hydrogen-bond acceptors (Lipinski definition) is 4. The molecule has 3 amide bonds. The number of hydrogen-bond donors (Lipinski definition) is 2. The van der Waals surface area contributed by atoms with Crippen molar-refractivity contribution in [1.82, 2.24) is 10.2 Å². The molecule has 0 spiro atoms. The van der Waals surface area contributed by atoms with Crippen molar-refractivity contribution in [3.63, 3.8) is 0 Å². The van der Waals surface area contributed by atoms with Crippen LogP contribution in [-0.2, 0) is 14.4 Å². The van der Waals surface area contributed by atoms with Crippen LogP contribution < -0.4 is 10.6 Å². The van der Waals surface area contributed by atoms with Crippen molar-refractivity contribution in [3.8, 4) is 0 Å². The first-order valence-corrected chi connectivity index (χ1v) is 7.95. The van der Waals surface area contributed by atoms with Gasteiger partial charge in [0.15, 0.2) is 0 Å². The molecular weight excluding hydrogens is 302 g/mol. The maximum Gasteiger partial charge on any atom is 0.241 e. The fraction of sp³-hybridized carbons (Fsp3) is 0.400. The van der Waals surface area contributed by atoms with Gasteiger partial charge in [-0.1, -0.05) is 12.1 Å². The number of nitrogens with one attached hydrogen (secondary N) is 2. The Balaban J connectivity index is 2.22. The van der Waals surface area contributed by atoms with E-state index in [0.29, 0.717) is 0 Å². The first-order chi connectivity index (χ1) is 10.4. The van der Waals surface area contributed by atoms with Crippen molar-refractivity contribution in [2.45, 2.75) is 6.92 Å². The van der Waals surface area contributed by atoms with Gasteiger partial charge >= 0.3 is 0 Å². The molecule has 0 aliphatic carbocycles. The highest BCUT2D eigenvalue weighted by molar-refractivity contribution is 8.00. The number of aryl methyl sites for hydroxylation is 1. The number of carbonyl (C=O) groups is 3. The number of anilines is 1. The Hall–Kier alpha value is -2.02. The Morgan fingerprint density at radius 2 is 1.82 bits per heavy atom. The first-order valence-electron chi connectivity index (χ1n) is 6.79. The second-order valence-electron chi connectivity index (χ2n) is 4.98. The third-order valence-corrected chi connectivity index (χ3v) is 3.64. The van der Waals surface area contributed by atoms with Gasteiger partial charge in [0.05, 0.1) is 18.1 Å². The summed E-state index contributed by atoms with van der Waals surface area (Å²) in [5.74, 6) is -0.267. The molecule has 0 fully saturated rings. The van der Waals surface area contributed by atoms with E-state index in [1.54, 1.807) is 14.1 Å². The Bertz CT molecular complexity index is 547. The molecule has 1 aromatic rings. The van der Waals surface area contributed by atoms with E-state index in [1.807, 2.05) is 31.2 Å². The molecule has 0 bridgehead atoms. The highest BCUT2D eigenvalue weighted by atomic mass is 32.2. The molecule has 0 atom stereocenters. The molecule has 22 heavy (non-hydrogen) atoms. The van der Waals surface area contributed by atoms with E-state index in [1.165, 1.54) is 16.7 Å². The molecule has 2 N–H and O–H groups in total. The monoisotopic (exact) mass is 323 g/mol. The van der Waals surface area contributed by atoms with E-state index in [9.17, 15) is 14.4 Å². The molecule has 6 nitrogen and oxygen atoms in total. The zero-order chi connectivity index (χ0) is 16.5. The van der Waals surface area contributed by atoms with Gasteiger partial charge < -0.3 is 15.5 Å². The van der Waals surface area contributed by atoms with E-state index >= 15 is 0 Å². The molecule has 0 radical (unpaired) electrons. The van der Waals surface area contributed by atoms with Gasteiger partial charge in [0.2, 0.25) is 17.7 Å². The second kappa shape index (κ2) is 9.09. The summed E-state index contributed by atoms with van der Waals surface area (Å²) in [6.45, 7) is 1.92. The van der Waals surface area contributed by atoms with E-state index < -0.39 is 0 Å². The average Bonchev–Trinajstić information content (AvgIpc) is 2.44. The van der Waals surface area contributed by atoms with Gasteiger partial charge in [0, 0.05) is 19.8 Å². The molecule has 0 saturated heterocycles. The van der Waals surface area contributed by atoms with Crippen LogP contribution in [0.3, 0.4) is 0 Å². The van der Waals surface area contributed by atoms with Gasteiger partial charge in [-0.2, -0.15) is 0 Å². The zero-order valence-electron chi connectivity index (χ0n) is 13.0. The standard InChI is InChI=1S/C15H21N3O3S/c1-11-5-4-6-12(7-11)17-14(20)10-22-9-13(19)16-8-15(21)18(2)3/h4-7H,8-10H2,1-3H3,(H,16,19)(H,17,20). The average molecular weight is 323 g/mol. The molecule has 120 valence electrons. The lowest BCUT2D eigenvalue weighted by Gasteiger charge is -2.10. The van der Waals surface area contributed by atoms with E-state index in [0.717, 1.165) is 11.3 Å². The first kappa shape index (κ1) is 18.0. The minimum absolute atomic E-state index is 0.0259. The van der Waals surface area contributed by atoms with Gasteiger partial charge in [-0.3, -0.25) is 14.4 Å². The van der Waals surface area contributed by atoms with Gasteiger partial charge in [-0.15, -0.1) is 11.8 Å². The summed E-state index contributed by atoms with van der Waals surface area (Å²) < 4.78 is 0. The molecule has 0 heterocycles. The molecule has 1 rings (SSSR count). The number of carbonyl (C=O) groups excluding carboxylic acids is 3. The largest absolute Gasteiger partial charge is 0.347 e. The summed E-state index contributed by atoms with van der Waals surface area (Å²) in [5, 5.41) is 5.28. The lowest BCUT2D eigenvalue weighted by atomic mass is 10.2. The summed E-state index contributed by atoms with van der Waals surface area (Å²) in [5.41, 5.74) is 1.81. The van der Waals surface area contributed by atoms with Crippen LogP contribution in [0.2, 0.25) is 0 Å². The fourth-order valence-corrected chi connectivity index (χ4v) is 2.19. The topological polar surface area (TPSA) is 78.5 Å². The van der Waals surface area contributed by atoms with Crippen LogP contribution in [0.1, 0.15) is 5.56 Å². The number of amides is 3. The predicted molar refractivity (Wildman–Crippen MR) is 88.8 cm³/mol. The van der Waals surface area contributed by atoms with Gasteiger partial charge in [0.1, 0.15) is 0 Å². The zero-order valence-corrected chi connectivity index (χ0v) is 13.8. The van der Waals surface area contributed by atoms with Crippen molar-refractivity contribution >= 4 is 35.2 Å². The van der Waals surface area contributed by atoms with Crippen molar-refractivity contribution in [2.75, 3.05) is 37.5 Å². The SMILES string of the molecule is Cc1cccc(NC(=O)CSCC(=O)NCC(=O)N(C)C)c1. The third kappa shape index (κ3) is 7.12. The summed E-state index contributed by atoms with van der Waals surface area (Å²) in [7, 11) is 3.25. The van der Waals surface area contributed by atoms with Crippen LogP contribution in [-0.4, -0.2) is 54.8 Å². The number of likely N-dealkylation sites (N-methyl/N-ethyl adjacent to an activating group) is 1. The lowest BCUT2D eigenvalue weighted by Crippen LogP contribution is -2.37. The maximum atomic E-state index is 11.7. The highest BCUT2D eigenvalue weighted by Gasteiger charge is 2.09. The number of thioether (sulfide) groups is 1. The molecule has 0 aliphatic rings. The fourth-order valence-electron chi connectivity index (χ4n) is 1.54. The lowest BCUT2D eigenvalue weighted by molar-refractivity contribution is -0.130. The van der Waals surface area contributed by atoms with E-state index in [4.69, 9.17) is 0 Å². The quantitative estimate of drug-likeness (QED) is 0.780. The highest BCUT2D eigenvalue weighted by Crippen LogP contribution is 2.10. The number of nitrogens with zero attached hydrogens (tertiary/aromatic N) is 1. The van der Waals surface area contributed by atoms with Crippen LogP contribution >= 0.6 is 11.8 Å². The summed E-state index contributed by atoms with van der Waals surface area (Å²) in [4.78, 5) is 36.0. The van der Waals surface area contributed by atoms with Crippen molar-refractivity contribution in [1.29, 1.82) is 0 Å². The van der Waals surface area contributed by atoms with Crippen LogP contribution in [0, 0.1) is 6.92 Å². The Morgan fingerprint density at radius 1 is 1.14 bits per heavy atom.